The maximum Gasteiger partial charge on any atom is 0.269 e. The minimum absolute atomic E-state index is 0.272. The van der Waals surface area contributed by atoms with Crippen molar-refractivity contribution in [3.63, 3.8) is 0 Å². The molecule has 0 fully saturated rings. The molecule has 0 saturated carbocycles. The Morgan fingerprint density at radius 1 is 0.867 bits per heavy atom. The van der Waals surface area contributed by atoms with Crippen molar-refractivity contribution in [2.45, 2.75) is 13.3 Å². The van der Waals surface area contributed by atoms with E-state index in [-0.39, 0.29) is 16.9 Å². The molecule has 4 N–H and O–H groups in total. The van der Waals surface area contributed by atoms with Crippen LogP contribution in [0.3, 0.4) is 0 Å². The number of carbonyl (C=O) groups excluding carboxylic acids is 2. The number of hydrogen-bond acceptors (Lipinski definition) is 4. The molecular formula is C22H21N5O2S. The van der Waals surface area contributed by atoms with Gasteiger partial charge in [-0.15, -0.1) is 0 Å². The highest BCUT2D eigenvalue weighted by Gasteiger charge is 2.09. The van der Waals surface area contributed by atoms with E-state index >= 15 is 0 Å². The van der Waals surface area contributed by atoms with Crippen molar-refractivity contribution in [1.82, 2.24) is 15.8 Å². The number of aromatic nitrogens is 1. The van der Waals surface area contributed by atoms with Crippen molar-refractivity contribution in [3.05, 3.63) is 89.7 Å². The number of rotatable bonds is 5. The van der Waals surface area contributed by atoms with Crippen LogP contribution in [0.2, 0.25) is 0 Å². The van der Waals surface area contributed by atoms with Crippen molar-refractivity contribution < 1.29 is 9.59 Å². The van der Waals surface area contributed by atoms with Crippen LogP contribution >= 0.6 is 12.2 Å². The zero-order valence-corrected chi connectivity index (χ0v) is 17.1. The van der Waals surface area contributed by atoms with Crippen molar-refractivity contribution in [1.29, 1.82) is 0 Å². The lowest BCUT2D eigenvalue weighted by atomic mass is 10.1. The normalized spacial score (nSPS) is 10.0. The third-order valence-electron chi connectivity index (χ3n) is 4.26. The number of aryl methyl sites for hydroxylation is 1. The second-order valence-electron chi connectivity index (χ2n) is 6.32. The van der Waals surface area contributed by atoms with Crippen molar-refractivity contribution in [2.75, 3.05) is 10.6 Å². The lowest BCUT2D eigenvalue weighted by Crippen LogP contribution is -2.43. The molecular weight excluding hydrogens is 398 g/mol. The summed E-state index contributed by atoms with van der Waals surface area (Å²) in [6.07, 6.45) is 3.95. The lowest BCUT2D eigenvalue weighted by molar-refractivity contribution is 0.0943. The minimum Gasteiger partial charge on any atom is -0.331 e. The molecule has 8 heteroatoms. The van der Waals surface area contributed by atoms with Crippen LogP contribution in [0.15, 0.2) is 73.1 Å². The molecule has 0 aliphatic rings. The lowest BCUT2D eigenvalue weighted by Gasteiger charge is -2.14. The highest BCUT2D eigenvalue weighted by molar-refractivity contribution is 7.80. The minimum atomic E-state index is -0.354. The predicted octanol–water partition coefficient (Wildman–Crippen LogP) is 3.53. The Morgan fingerprint density at radius 2 is 1.63 bits per heavy atom. The Kier molecular flexibility index (Phi) is 7.07. The second kappa shape index (κ2) is 10.1. The Hall–Kier alpha value is -3.78. The molecule has 0 atom stereocenters. The average Bonchev–Trinajstić information content (AvgIpc) is 2.79. The number of anilines is 2. The summed E-state index contributed by atoms with van der Waals surface area (Å²) in [5.74, 6) is -0.626. The number of para-hydroxylation sites is 1. The number of benzene rings is 2. The Morgan fingerprint density at radius 3 is 2.33 bits per heavy atom. The maximum atomic E-state index is 12.3. The van der Waals surface area contributed by atoms with Gasteiger partial charge >= 0.3 is 0 Å². The first-order chi connectivity index (χ1) is 14.6. The number of nitrogens with one attached hydrogen (secondary N) is 4. The van der Waals surface area contributed by atoms with Crippen LogP contribution < -0.4 is 21.5 Å². The first-order valence-electron chi connectivity index (χ1n) is 9.33. The molecule has 1 aromatic heterocycles. The quantitative estimate of drug-likeness (QED) is 0.373. The molecule has 3 rings (SSSR count). The largest absolute Gasteiger partial charge is 0.331 e. The van der Waals surface area contributed by atoms with Gasteiger partial charge in [-0.1, -0.05) is 25.1 Å². The van der Waals surface area contributed by atoms with Gasteiger partial charge in [-0.3, -0.25) is 25.4 Å². The van der Waals surface area contributed by atoms with Gasteiger partial charge in [0.15, 0.2) is 5.11 Å². The number of nitrogens with zero attached hydrogens (tertiary/aromatic N) is 1. The first kappa shape index (κ1) is 20.9. The highest BCUT2D eigenvalue weighted by Crippen LogP contribution is 2.15. The fourth-order valence-electron chi connectivity index (χ4n) is 2.70. The first-order valence-corrected chi connectivity index (χ1v) is 9.74. The van der Waals surface area contributed by atoms with Gasteiger partial charge in [-0.2, -0.15) is 0 Å². The van der Waals surface area contributed by atoms with Gasteiger partial charge < -0.3 is 10.6 Å². The van der Waals surface area contributed by atoms with Crippen molar-refractivity contribution >= 4 is 40.5 Å². The average molecular weight is 420 g/mol. The predicted molar refractivity (Wildman–Crippen MR) is 121 cm³/mol. The van der Waals surface area contributed by atoms with Gasteiger partial charge in [0, 0.05) is 29.3 Å². The summed E-state index contributed by atoms with van der Waals surface area (Å²) < 4.78 is 0. The molecule has 0 aliphatic heterocycles. The molecule has 0 saturated heterocycles. The van der Waals surface area contributed by atoms with E-state index in [1.807, 2.05) is 24.3 Å². The number of carbonyl (C=O) groups is 2. The van der Waals surface area contributed by atoms with Crippen LogP contribution in [0.1, 0.15) is 33.2 Å². The number of hydrazine groups is 1. The van der Waals surface area contributed by atoms with Crippen molar-refractivity contribution in [2.24, 2.45) is 0 Å². The summed E-state index contributed by atoms with van der Waals surface area (Å²) in [5, 5.41) is 6.11. The summed E-state index contributed by atoms with van der Waals surface area (Å²) >= 11 is 5.24. The number of amides is 2. The third kappa shape index (κ3) is 5.62. The van der Waals surface area contributed by atoms with E-state index in [2.05, 4.69) is 33.4 Å². The molecule has 0 unspecified atom stereocenters. The molecule has 2 aromatic carbocycles. The van der Waals surface area contributed by atoms with E-state index in [0.717, 1.165) is 17.7 Å². The van der Waals surface area contributed by atoms with Gasteiger partial charge in [0.05, 0.1) is 5.56 Å². The second-order valence-corrected chi connectivity index (χ2v) is 6.73. The number of thiocarbonyl (C=S) groups is 1. The highest BCUT2D eigenvalue weighted by atomic mass is 32.1. The molecule has 152 valence electrons. The molecule has 3 aromatic rings. The topological polar surface area (TPSA) is 95.1 Å². The monoisotopic (exact) mass is 419 g/mol. The smallest absolute Gasteiger partial charge is 0.269 e. The molecule has 2 amide bonds. The van der Waals surface area contributed by atoms with Crippen LogP contribution in [-0.4, -0.2) is 21.9 Å². The summed E-state index contributed by atoms with van der Waals surface area (Å²) in [4.78, 5) is 28.4. The summed E-state index contributed by atoms with van der Waals surface area (Å²) in [5.41, 5.74) is 8.70. The molecule has 1 heterocycles. The van der Waals surface area contributed by atoms with Gasteiger partial charge in [-0.25, -0.2) is 0 Å². The van der Waals surface area contributed by atoms with Gasteiger partial charge in [0.25, 0.3) is 11.8 Å². The molecule has 7 nitrogen and oxygen atoms in total. The molecule has 0 bridgehead atoms. The van der Waals surface area contributed by atoms with Gasteiger partial charge in [-0.05, 0) is 66.7 Å². The molecule has 0 spiro atoms. The Labute approximate surface area is 179 Å². The number of hydrogen-bond donors (Lipinski definition) is 4. The molecule has 0 radical (unpaired) electrons. The van der Waals surface area contributed by atoms with Crippen LogP contribution in [0.25, 0.3) is 0 Å². The maximum absolute atomic E-state index is 12.3. The van der Waals surface area contributed by atoms with E-state index in [4.69, 9.17) is 12.2 Å². The Balaban J connectivity index is 1.52. The van der Waals surface area contributed by atoms with Gasteiger partial charge in [0.1, 0.15) is 0 Å². The van der Waals surface area contributed by atoms with Crippen molar-refractivity contribution in [3.8, 4) is 0 Å². The van der Waals surface area contributed by atoms with E-state index in [1.165, 1.54) is 6.20 Å². The van der Waals surface area contributed by atoms with E-state index in [1.54, 1.807) is 42.6 Å². The summed E-state index contributed by atoms with van der Waals surface area (Å²) in [6, 6.07) is 17.7. The number of pyridine rings is 1. The molecule has 30 heavy (non-hydrogen) atoms. The van der Waals surface area contributed by atoms with E-state index in [0.29, 0.717) is 16.8 Å². The standard InChI is InChI=1S/C22H21N5O2S/c1-2-15-6-3-4-8-19(15)25-22(30)27-26-21(29)16-9-11-18(12-10-16)24-20(28)17-7-5-13-23-14-17/h3-14H,2H2,1H3,(H,24,28)(H,26,29)(H2,25,27,30). The fourth-order valence-corrected chi connectivity index (χ4v) is 2.86. The fraction of sp³-hybridized carbons (Fsp3) is 0.0909. The zero-order chi connectivity index (χ0) is 21.3. The Bertz CT molecular complexity index is 1040. The summed E-state index contributed by atoms with van der Waals surface area (Å²) in [6.45, 7) is 2.06. The zero-order valence-electron chi connectivity index (χ0n) is 16.3. The van der Waals surface area contributed by atoms with Crippen LogP contribution in [0.5, 0.6) is 0 Å². The van der Waals surface area contributed by atoms with E-state index in [9.17, 15) is 9.59 Å². The van der Waals surface area contributed by atoms with Crippen LogP contribution in [0, 0.1) is 0 Å². The SMILES string of the molecule is CCc1ccccc1NC(=S)NNC(=O)c1ccc(NC(=O)c2cccnc2)cc1. The van der Waals surface area contributed by atoms with Gasteiger partial charge in [0.2, 0.25) is 0 Å². The van der Waals surface area contributed by atoms with E-state index < -0.39 is 0 Å². The summed E-state index contributed by atoms with van der Waals surface area (Å²) in [7, 11) is 0. The third-order valence-corrected chi connectivity index (χ3v) is 4.47. The van der Waals surface area contributed by atoms with Crippen LogP contribution in [0.4, 0.5) is 11.4 Å². The van der Waals surface area contributed by atoms with Crippen LogP contribution in [-0.2, 0) is 6.42 Å². The molecule has 0 aliphatic carbocycles.